The first-order valence-corrected chi connectivity index (χ1v) is 7.40. The molecule has 1 atom stereocenters. The van der Waals surface area contributed by atoms with Crippen LogP contribution in [0.3, 0.4) is 0 Å². The first-order chi connectivity index (χ1) is 9.10. The number of rotatable bonds is 5. The van der Waals surface area contributed by atoms with E-state index in [4.69, 9.17) is 4.42 Å². The van der Waals surface area contributed by atoms with Crippen LogP contribution >= 0.6 is 15.9 Å². The van der Waals surface area contributed by atoms with E-state index in [1.807, 2.05) is 19.2 Å². The zero-order valence-electron chi connectivity index (χ0n) is 11.6. The van der Waals surface area contributed by atoms with E-state index >= 15 is 0 Å². The van der Waals surface area contributed by atoms with Crippen LogP contribution in [0.2, 0.25) is 0 Å². The zero-order valence-corrected chi connectivity index (χ0v) is 13.2. The molecule has 0 saturated heterocycles. The second-order valence-corrected chi connectivity index (χ2v) is 5.99. The maximum atomic E-state index is 5.67. The normalized spacial score (nSPS) is 12.9. The SMILES string of the molecule is CNC(c1cccc(CC(C)C)c1)c1ccc(Br)o1. The highest BCUT2D eigenvalue weighted by Gasteiger charge is 2.16. The van der Waals surface area contributed by atoms with Crippen molar-refractivity contribution in [1.82, 2.24) is 5.32 Å². The summed E-state index contributed by atoms with van der Waals surface area (Å²) in [6, 6.07) is 12.7. The summed E-state index contributed by atoms with van der Waals surface area (Å²) in [5.41, 5.74) is 2.61. The Balaban J connectivity index is 2.28. The van der Waals surface area contributed by atoms with Crippen LogP contribution < -0.4 is 5.32 Å². The smallest absolute Gasteiger partial charge is 0.169 e. The standard InChI is InChI=1S/C16H20BrNO/c1-11(2)9-12-5-4-6-13(10-12)16(18-3)14-7-8-15(17)19-14/h4-8,10-11,16,18H,9H2,1-3H3. The third-order valence-electron chi connectivity index (χ3n) is 3.10. The van der Waals surface area contributed by atoms with Gasteiger partial charge in [0.05, 0.1) is 6.04 Å². The second-order valence-electron chi connectivity index (χ2n) is 5.21. The van der Waals surface area contributed by atoms with Crippen molar-refractivity contribution >= 4 is 15.9 Å². The summed E-state index contributed by atoms with van der Waals surface area (Å²) in [5, 5.41) is 3.31. The molecule has 0 saturated carbocycles. The van der Waals surface area contributed by atoms with Gasteiger partial charge in [0.2, 0.25) is 0 Å². The molecule has 1 aromatic carbocycles. The average Bonchev–Trinajstić information content (AvgIpc) is 2.76. The van der Waals surface area contributed by atoms with Crippen molar-refractivity contribution in [3.63, 3.8) is 0 Å². The third-order valence-corrected chi connectivity index (χ3v) is 3.52. The number of furan rings is 1. The number of hydrogen-bond acceptors (Lipinski definition) is 2. The van der Waals surface area contributed by atoms with Crippen LogP contribution in [0, 0.1) is 5.92 Å². The first-order valence-electron chi connectivity index (χ1n) is 6.61. The van der Waals surface area contributed by atoms with Crippen LogP contribution in [0.25, 0.3) is 0 Å². The summed E-state index contributed by atoms with van der Waals surface area (Å²) in [6.45, 7) is 4.48. The molecule has 0 fully saturated rings. The quantitative estimate of drug-likeness (QED) is 0.874. The van der Waals surface area contributed by atoms with Crippen molar-refractivity contribution in [2.75, 3.05) is 7.05 Å². The van der Waals surface area contributed by atoms with Crippen LogP contribution in [0.4, 0.5) is 0 Å². The van der Waals surface area contributed by atoms with Gasteiger partial charge in [-0.1, -0.05) is 38.1 Å². The van der Waals surface area contributed by atoms with E-state index in [-0.39, 0.29) is 6.04 Å². The van der Waals surface area contributed by atoms with E-state index in [1.54, 1.807) is 0 Å². The molecular weight excluding hydrogens is 302 g/mol. The lowest BCUT2D eigenvalue weighted by Gasteiger charge is -2.15. The molecule has 1 unspecified atom stereocenters. The van der Waals surface area contributed by atoms with Gasteiger partial charge in [0, 0.05) is 0 Å². The fourth-order valence-corrected chi connectivity index (χ4v) is 2.65. The van der Waals surface area contributed by atoms with Gasteiger partial charge in [0.25, 0.3) is 0 Å². The van der Waals surface area contributed by atoms with Crippen molar-refractivity contribution in [3.05, 3.63) is 58.0 Å². The van der Waals surface area contributed by atoms with Gasteiger partial charge in [0.15, 0.2) is 4.67 Å². The molecule has 0 aliphatic heterocycles. The molecular formula is C16H20BrNO. The van der Waals surface area contributed by atoms with Crippen LogP contribution in [0.1, 0.15) is 36.8 Å². The number of benzene rings is 1. The van der Waals surface area contributed by atoms with Crippen molar-refractivity contribution in [2.45, 2.75) is 26.3 Å². The lowest BCUT2D eigenvalue weighted by Crippen LogP contribution is -2.17. The van der Waals surface area contributed by atoms with Gasteiger partial charge >= 0.3 is 0 Å². The molecule has 1 aromatic heterocycles. The van der Waals surface area contributed by atoms with E-state index in [0.29, 0.717) is 5.92 Å². The molecule has 3 heteroatoms. The van der Waals surface area contributed by atoms with E-state index in [0.717, 1.165) is 16.9 Å². The summed E-state index contributed by atoms with van der Waals surface area (Å²) >= 11 is 3.35. The van der Waals surface area contributed by atoms with Gasteiger partial charge in [-0.25, -0.2) is 0 Å². The molecule has 2 rings (SSSR count). The number of halogens is 1. The predicted molar refractivity (Wildman–Crippen MR) is 82.3 cm³/mol. The highest BCUT2D eigenvalue weighted by atomic mass is 79.9. The highest BCUT2D eigenvalue weighted by molar-refractivity contribution is 9.10. The van der Waals surface area contributed by atoms with Crippen molar-refractivity contribution < 1.29 is 4.42 Å². The molecule has 1 N–H and O–H groups in total. The van der Waals surface area contributed by atoms with Crippen molar-refractivity contribution in [2.24, 2.45) is 5.92 Å². The zero-order chi connectivity index (χ0) is 13.8. The fraction of sp³-hybridized carbons (Fsp3) is 0.375. The van der Waals surface area contributed by atoms with Gasteiger partial charge < -0.3 is 9.73 Å². The Morgan fingerprint density at radius 1 is 1.21 bits per heavy atom. The lowest BCUT2D eigenvalue weighted by atomic mass is 9.97. The van der Waals surface area contributed by atoms with E-state index in [9.17, 15) is 0 Å². The Morgan fingerprint density at radius 3 is 2.58 bits per heavy atom. The minimum atomic E-state index is 0.0958. The number of hydrogen-bond donors (Lipinski definition) is 1. The van der Waals surface area contributed by atoms with Gasteiger partial charge in [0.1, 0.15) is 5.76 Å². The van der Waals surface area contributed by atoms with E-state index in [1.165, 1.54) is 11.1 Å². The molecule has 1 heterocycles. The fourth-order valence-electron chi connectivity index (χ4n) is 2.33. The van der Waals surface area contributed by atoms with Crippen LogP contribution in [-0.2, 0) is 6.42 Å². The Labute approximate surface area is 123 Å². The number of nitrogens with one attached hydrogen (secondary N) is 1. The Morgan fingerprint density at radius 2 is 2.00 bits per heavy atom. The Hall–Kier alpha value is -1.06. The van der Waals surface area contributed by atoms with Crippen LogP contribution in [0.15, 0.2) is 45.5 Å². The average molecular weight is 322 g/mol. The summed E-state index contributed by atoms with van der Waals surface area (Å²) in [4.78, 5) is 0. The molecule has 0 aliphatic rings. The maximum Gasteiger partial charge on any atom is 0.169 e. The first kappa shape index (κ1) is 14.4. The Kier molecular flexibility index (Phi) is 4.83. The Bertz CT molecular complexity index is 533. The van der Waals surface area contributed by atoms with Crippen LogP contribution in [-0.4, -0.2) is 7.05 Å². The second kappa shape index (κ2) is 6.40. The third kappa shape index (κ3) is 3.71. The topological polar surface area (TPSA) is 25.2 Å². The maximum absolute atomic E-state index is 5.67. The monoisotopic (exact) mass is 321 g/mol. The molecule has 0 bridgehead atoms. The molecule has 19 heavy (non-hydrogen) atoms. The van der Waals surface area contributed by atoms with Crippen molar-refractivity contribution in [1.29, 1.82) is 0 Å². The summed E-state index contributed by atoms with van der Waals surface area (Å²) in [5.74, 6) is 1.59. The van der Waals surface area contributed by atoms with E-state index < -0.39 is 0 Å². The molecule has 102 valence electrons. The predicted octanol–water partition coefficient (Wildman–Crippen LogP) is 4.55. The van der Waals surface area contributed by atoms with E-state index in [2.05, 4.69) is 59.4 Å². The van der Waals surface area contributed by atoms with Gasteiger partial charge in [-0.15, -0.1) is 0 Å². The molecule has 2 nitrogen and oxygen atoms in total. The van der Waals surface area contributed by atoms with Gasteiger partial charge in [-0.3, -0.25) is 0 Å². The largest absolute Gasteiger partial charge is 0.452 e. The van der Waals surface area contributed by atoms with Crippen LogP contribution in [0.5, 0.6) is 0 Å². The minimum Gasteiger partial charge on any atom is -0.452 e. The summed E-state index contributed by atoms with van der Waals surface area (Å²) in [7, 11) is 1.95. The lowest BCUT2D eigenvalue weighted by molar-refractivity contribution is 0.447. The summed E-state index contributed by atoms with van der Waals surface area (Å²) in [6.07, 6.45) is 1.10. The minimum absolute atomic E-state index is 0.0958. The summed E-state index contributed by atoms with van der Waals surface area (Å²) < 4.78 is 6.43. The molecule has 0 spiro atoms. The van der Waals surface area contributed by atoms with Gasteiger partial charge in [-0.2, -0.15) is 0 Å². The van der Waals surface area contributed by atoms with Crippen molar-refractivity contribution in [3.8, 4) is 0 Å². The molecule has 0 amide bonds. The highest BCUT2D eigenvalue weighted by Crippen LogP contribution is 2.26. The van der Waals surface area contributed by atoms with Gasteiger partial charge in [-0.05, 0) is 58.6 Å². The molecule has 0 aliphatic carbocycles. The molecule has 0 radical (unpaired) electrons. The molecule has 2 aromatic rings.